The first-order chi connectivity index (χ1) is 8.34. The highest BCUT2D eigenvalue weighted by molar-refractivity contribution is 5.80. The first-order valence-corrected chi connectivity index (χ1v) is 5.24. The first kappa shape index (κ1) is 9.84. The zero-order valence-corrected chi connectivity index (χ0v) is 9.29. The first-order valence-electron chi connectivity index (χ1n) is 5.24. The average molecular weight is 224 g/mol. The molecule has 2 heterocycles. The Kier molecular flexibility index (Phi) is 2.26. The second kappa shape index (κ2) is 3.90. The van der Waals surface area contributed by atoms with Crippen molar-refractivity contribution in [3.8, 4) is 11.6 Å². The summed E-state index contributed by atoms with van der Waals surface area (Å²) in [7, 11) is 1.94. The van der Waals surface area contributed by atoms with Gasteiger partial charge in [-0.2, -0.15) is 4.98 Å². The van der Waals surface area contributed by atoms with Crippen LogP contribution in [-0.4, -0.2) is 14.5 Å². The summed E-state index contributed by atoms with van der Waals surface area (Å²) in [5.41, 5.74) is 1.76. The van der Waals surface area contributed by atoms with E-state index in [-0.39, 0.29) is 0 Å². The van der Waals surface area contributed by atoms with Gasteiger partial charge < -0.3 is 9.30 Å². The molecular formula is C13H10N3O. The van der Waals surface area contributed by atoms with E-state index in [1.54, 1.807) is 12.1 Å². The molecule has 0 aliphatic rings. The minimum absolute atomic E-state index is 0.564. The van der Waals surface area contributed by atoms with Crippen LogP contribution >= 0.6 is 0 Å². The van der Waals surface area contributed by atoms with Gasteiger partial charge in [-0.15, -0.1) is 0 Å². The summed E-state index contributed by atoms with van der Waals surface area (Å²) >= 11 is 0. The maximum Gasteiger partial charge on any atom is 0.247 e. The number of ether oxygens (including phenoxy) is 1. The van der Waals surface area contributed by atoms with E-state index in [2.05, 4.69) is 16.0 Å². The van der Waals surface area contributed by atoms with Gasteiger partial charge in [0.1, 0.15) is 17.6 Å². The SMILES string of the molecule is Cn1ccc2ncnc(Oc3cc[c]cc3)c21. The van der Waals surface area contributed by atoms with Crippen molar-refractivity contribution in [3.05, 3.63) is 48.9 Å². The van der Waals surface area contributed by atoms with Crippen LogP contribution in [0.4, 0.5) is 0 Å². The van der Waals surface area contributed by atoms with Crippen LogP contribution in [0.25, 0.3) is 11.0 Å². The van der Waals surface area contributed by atoms with Crippen molar-refractivity contribution < 1.29 is 4.74 Å². The normalized spacial score (nSPS) is 10.6. The molecule has 0 amide bonds. The molecule has 0 fully saturated rings. The van der Waals surface area contributed by atoms with Gasteiger partial charge in [0, 0.05) is 13.2 Å². The van der Waals surface area contributed by atoms with Crippen molar-refractivity contribution in [1.82, 2.24) is 14.5 Å². The standard InChI is InChI=1S/C13H10N3O/c1-16-8-7-11-12(16)13(15-9-14-11)17-10-5-3-2-4-6-10/h3-9H,1H3. The molecule has 3 aromatic rings. The minimum Gasteiger partial charge on any atom is -0.437 e. The van der Waals surface area contributed by atoms with E-state index >= 15 is 0 Å². The van der Waals surface area contributed by atoms with E-state index in [9.17, 15) is 0 Å². The number of hydrogen-bond donors (Lipinski definition) is 0. The zero-order valence-electron chi connectivity index (χ0n) is 9.29. The van der Waals surface area contributed by atoms with E-state index in [0.717, 1.165) is 16.8 Å². The number of rotatable bonds is 2. The third kappa shape index (κ3) is 1.73. The van der Waals surface area contributed by atoms with Crippen LogP contribution in [0.3, 0.4) is 0 Å². The molecule has 1 aromatic carbocycles. The molecule has 0 unspecified atom stereocenters. The fourth-order valence-electron chi connectivity index (χ4n) is 1.71. The molecular weight excluding hydrogens is 214 g/mol. The lowest BCUT2D eigenvalue weighted by Crippen LogP contribution is -1.94. The highest BCUT2D eigenvalue weighted by Gasteiger charge is 2.08. The van der Waals surface area contributed by atoms with Crippen LogP contribution in [0.1, 0.15) is 0 Å². The molecule has 4 heteroatoms. The van der Waals surface area contributed by atoms with E-state index in [0.29, 0.717) is 5.88 Å². The molecule has 17 heavy (non-hydrogen) atoms. The van der Waals surface area contributed by atoms with Gasteiger partial charge in [-0.3, -0.25) is 0 Å². The fraction of sp³-hybridized carbons (Fsp3) is 0.0769. The summed E-state index contributed by atoms with van der Waals surface area (Å²) in [5, 5.41) is 0. The zero-order chi connectivity index (χ0) is 11.7. The summed E-state index contributed by atoms with van der Waals surface area (Å²) in [5.74, 6) is 1.30. The monoisotopic (exact) mass is 224 g/mol. The molecule has 3 rings (SSSR count). The Bertz CT molecular complexity index is 646. The Labute approximate surface area is 98.5 Å². The Balaban J connectivity index is 2.09. The average Bonchev–Trinajstić information content (AvgIpc) is 2.74. The topological polar surface area (TPSA) is 39.9 Å². The van der Waals surface area contributed by atoms with Crippen LogP contribution in [0.5, 0.6) is 11.6 Å². The van der Waals surface area contributed by atoms with Crippen LogP contribution in [0.15, 0.2) is 42.9 Å². The highest BCUT2D eigenvalue weighted by Crippen LogP contribution is 2.26. The second-order valence-corrected chi connectivity index (χ2v) is 3.68. The van der Waals surface area contributed by atoms with E-state index in [4.69, 9.17) is 4.74 Å². The van der Waals surface area contributed by atoms with Gasteiger partial charge in [0.15, 0.2) is 0 Å². The molecule has 0 aliphatic carbocycles. The Morgan fingerprint density at radius 2 is 2.00 bits per heavy atom. The molecule has 2 aromatic heterocycles. The molecule has 1 radical (unpaired) electrons. The van der Waals surface area contributed by atoms with Crippen molar-refractivity contribution >= 4 is 11.0 Å². The summed E-state index contributed by atoms with van der Waals surface area (Å²) < 4.78 is 7.68. The molecule has 0 saturated carbocycles. The smallest absolute Gasteiger partial charge is 0.247 e. The fourth-order valence-corrected chi connectivity index (χ4v) is 1.71. The van der Waals surface area contributed by atoms with Gasteiger partial charge in [0.25, 0.3) is 0 Å². The molecule has 0 saturated heterocycles. The predicted molar refractivity (Wildman–Crippen MR) is 63.9 cm³/mol. The van der Waals surface area contributed by atoms with Gasteiger partial charge in [-0.05, 0) is 24.3 Å². The van der Waals surface area contributed by atoms with Crippen LogP contribution in [0.2, 0.25) is 0 Å². The minimum atomic E-state index is 0.564. The van der Waals surface area contributed by atoms with E-state index in [1.807, 2.05) is 36.0 Å². The molecule has 0 spiro atoms. The van der Waals surface area contributed by atoms with Crippen molar-refractivity contribution in [1.29, 1.82) is 0 Å². The van der Waals surface area contributed by atoms with Crippen molar-refractivity contribution in [3.63, 3.8) is 0 Å². The molecule has 83 valence electrons. The Hall–Kier alpha value is -2.36. The second-order valence-electron chi connectivity index (χ2n) is 3.68. The van der Waals surface area contributed by atoms with Crippen LogP contribution in [0, 0.1) is 6.07 Å². The van der Waals surface area contributed by atoms with Gasteiger partial charge in [-0.1, -0.05) is 12.1 Å². The lowest BCUT2D eigenvalue weighted by atomic mass is 10.3. The quantitative estimate of drug-likeness (QED) is 0.671. The molecule has 0 aliphatic heterocycles. The summed E-state index contributed by atoms with van der Waals surface area (Å²) in [6, 6.07) is 12.2. The lowest BCUT2D eigenvalue weighted by Gasteiger charge is -2.06. The van der Waals surface area contributed by atoms with E-state index in [1.165, 1.54) is 6.33 Å². The maximum absolute atomic E-state index is 5.74. The third-order valence-electron chi connectivity index (χ3n) is 2.53. The number of hydrogen-bond acceptors (Lipinski definition) is 3. The van der Waals surface area contributed by atoms with Crippen LogP contribution in [-0.2, 0) is 7.05 Å². The summed E-state index contributed by atoms with van der Waals surface area (Å²) in [4.78, 5) is 8.36. The Morgan fingerprint density at radius 1 is 1.18 bits per heavy atom. The summed E-state index contributed by atoms with van der Waals surface area (Å²) in [6.45, 7) is 0. The van der Waals surface area contributed by atoms with E-state index < -0.39 is 0 Å². The van der Waals surface area contributed by atoms with Crippen LogP contribution < -0.4 is 4.74 Å². The molecule has 0 N–H and O–H groups in total. The van der Waals surface area contributed by atoms with Crippen molar-refractivity contribution in [2.24, 2.45) is 7.05 Å². The summed E-state index contributed by atoms with van der Waals surface area (Å²) in [6.07, 6.45) is 3.44. The third-order valence-corrected chi connectivity index (χ3v) is 2.53. The van der Waals surface area contributed by atoms with Gasteiger partial charge in [-0.25, -0.2) is 4.98 Å². The number of nitrogens with zero attached hydrogens (tertiary/aromatic N) is 3. The van der Waals surface area contributed by atoms with Gasteiger partial charge in [0.2, 0.25) is 5.88 Å². The largest absolute Gasteiger partial charge is 0.437 e. The number of fused-ring (bicyclic) bond motifs is 1. The predicted octanol–water partition coefficient (Wildman–Crippen LogP) is 2.56. The molecule has 4 nitrogen and oxygen atoms in total. The maximum atomic E-state index is 5.74. The lowest BCUT2D eigenvalue weighted by molar-refractivity contribution is 0.465. The highest BCUT2D eigenvalue weighted by atomic mass is 16.5. The van der Waals surface area contributed by atoms with Crippen molar-refractivity contribution in [2.45, 2.75) is 0 Å². The number of benzene rings is 1. The Morgan fingerprint density at radius 3 is 2.82 bits per heavy atom. The van der Waals surface area contributed by atoms with Gasteiger partial charge >= 0.3 is 0 Å². The van der Waals surface area contributed by atoms with Crippen molar-refractivity contribution in [2.75, 3.05) is 0 Å². The number of aromatic nitrogens is 3. The van der Waals surface area contributed by atoms with Gasteiger partial charge in [0.05, 0.1) is 5.52 Å². The molecule has 0 atom stereocenters. The number of aryl methyl sites for hydroxylation is 1. The molecule has 0 bridgehead atoms.